The van der Waals surface area contributed by atoms with Gasteiger partial charge in [-0.15, -0.1) is 11.6 Å². The number of nitrogens with zero attached hydrogens (tertiary/aromatic N) is 1. The van der Waals surface area contributed by atoms with Crippen molar-refractivity contribution in [1.29, 1.82) is 0 Å². The molecule has 1 nitrogen and oxygen atoms in total. The molecule has 0 spiro atoms. The summed E-state index contributed by atoms with van der Waals surface area (Å²) in [4.78, 5) is 4.06. The Morgan fingerprint density at radius 3 is 2.11 bits per heavy atom. The molecule has 0 amide bonds. The average molecular weight is 148 g/mol. The first-order valence-electron chi connectivity index (χ1n) is 3.04. The average Bonchev–Trinajstić information content (AvgIpc) is 1.86. The van der Waals surface area contributed by atoms with Gasteiger partial charge in [0, 0.05) is 24.1 Å². The molecular formula is C7H14ClN. The number of alkyl halides is 1. The maximum Gasteiger partial charge on any atom is 0.0326 e. The van der Waals surface area contributed by atoms with Gasteiger partial charge in [0.05, 0.1) is 0 Å². The van der Waals surface area contributed by atoms with Gasteiger partial charge < -0.3 is 0 Å². The fourth-order valence-electron chi connectivity index (χ4n) is 0.399. The van der Waals surface area contributed by atoms with E-state index in [4.69, 9.17) is 11.6 Å². The van der Waals surface area contributed by atoms with Crippen molar-refractivity contribution in [2.45, 2.75) is 20.8 Å². The molecule has 0 aromatic rings. The van der Waals surface area contributed by atoms with Gasteiger partial charge in [-0.1, -0.05) is 13.8 Å². The lowest BCUT2D eigenvalue weighted by Gasteiger charge is -2.20. The summed E-state index contributed by atoms with van der Waals surface area (Å²) in [7, 11) is 1.80. The fourth-order valence-corrected chi connectivity index (χ4v) is 0.593. The Labute approximate surface area is 62.1 Å². The van der Waals surface area contributed by atoms with Crippen molar-refractivity contribution in [3.63, 3.8) is 0 Å². The number of hydrogen-bond acceptors (Lipinski definition) is 1. The van der Waals surface area contributed by atoms with E-state index in [0.717, 1.165) is 5.71 Å². The molecule has 0 rings (SSSR count). The largest absolute Gasteiger partial charge is 0.297 e. The van der Waals surface area contributed by atoms with E-state index in [-0.39, 0.29) is 5.41 Å². The van der Waals surface area contributed by atoms with Crippen LogP contribution in [0.5, 0.6) is 0 Å². The Morgan fingerprint density at radius 1 is 1.56 bits per heavy atom. The van der Waals surface area contributed by atoms with Crippen molar-refractivity contribution in [3.8, 4) is 0 Å². The van der Waals surface area contributed by atoms with Crippen molar-refractivity contribution < 1.29 is 0 Å². The van der Waals surface area contributed by atoms with E-state index in [1.807, 2.05) is 6.92 Å². The highest BCUT2D eigenvalue weighted by molar-refractivity contribution is 6.20. The van der Waals surface area contributed by atoms with Crippen LogP contribution in [0.2, 0.25) is 0 Å². The summed E-state index contributed by atoms with van der Waals surface area (Å²) in [6, 6.07) is 0. The molecule has 0 aliphatic rings. The quantitative estimate of drug-likeness (QED) is 0.420. The zero-order chi connectivity index (χ0) is 7.49. The van der Waals surface area contributed by atoms with Crippen LogP contribution in [-0.2, 0) is 0 Å². The Kier molecular flexibility index (Phi) is 3.20. The van der Waals surface area contributed by atoms with Gasteiger partial charge in [-0.25, -0.2) is 0 Å². The fraction of sp³-hybridized carbons (Fsp3) is 0.857. The molecule has 54 valence electrons. The third-order valence-corrected chi connectivity index (χ3v) is 2.32. The number of hydrogen-bond donors (Lipinski definition) is 0. The van der Waals surface area contributed by atoms with Crippen molar-refractivity contribution in [2.75, 3.05) is 12.9 Å². The lowest BCUT2D eigenvalue weighted by molar-refractivity contribution is 0.595. The van der Waals surface area contributed by atoms with Crippen molar-refractivity contribution in [3.05, 3.63) is 0 Å². The van der Waals surface area contributed by atoms with Crippen LogP contribution in [0, 0.1) is 5.41 Å². The van der Waals surface area contributed by atoms with E-state index in [1.165, 1.54) is 0 Å². The van der Waals surface area contributed by atoms with E-state index >= 15 is 0 Å². The van der Waals surface area contributed by atoms with Gasteiger partial charge in [0.1, 0.15) is 0 Å². The van der Waals surface area contributed by atoms with Crippen LogP contribution < -0.4 is 0 Å². The Balaban J connectivity index is 4.14. The van der Waals surface area contributed by atoms with Gasteiger partial charge in [0.15, 0.2) is 0 Å². The number of halogens is 1. The van der Waals surface area contributed by atoms with Crippen molar-refractivity contribution in [1.82, 2.24) is 0 Å². The maximum absolute atomic E-state index is 5.69. The van der Waals surface area contributed by atoms with Crippen LogP contribution in [0.25, 0.3) is 0 Å². The molecule has 0 aliphatic carbocycles. The van der Waals surface area contributed by atoms with Crippen LogP contribution in [0.15, 0.2) is 4.99 Å². The van der Waals surface area contributed by atoms with E-state index in [9.17, 15) is 0 Å². The number of rotatable bonds is 2. The van der Waals surface area contributed by atoms with Crippen molar-refractivity contribution >= 4 is 17.3 Å². The first-order chi connectivity index (χ1) is 4.04. The lowest BCUT2D eigenvalue weighted by Crippen LogP contribution is -2.23. The monoisotopic (exact) mass is 147 g/mol. The van der Waals surface area contributed by atoms with E-state index in [0.29, 0.717) is 5.88 Å². The molecule has 0 aromatic carbocycles. The van der Waals surface area contributed by atoms with E-state index in [2.05, 4.69) is 18.8 Å². The second-order valence-electron chi connectivity index (χ2n) is 2.83. The highest BCUT2D eigenvalue weighted by Crippen LogP contribution is 2.18. The van der Waals surface area contributed by atoms with Crippen LogP contribution in [-0.4, -0.2) is 18.6 Å². The van der Waals surface area contributed by atoms with Gasteiger partial charge in [0.25, 0.3) is 0 Å². The second-order valence-corrected chi connectivity index (χ2v) is 3.09. The smallest absolute Gasteiger partial charge is 0.0326 e. The Hall–Kier alpha value is -0.0400. The molecule has 0 saturated carbocycles. The molecule has 2 heteroatoms. The third kappa shape index (κ3) is 2.35. The molecule has 9 heavy (non-hydrogen) atoms. The molecule has 0 aromatic heterocycles. The van der Waals surface area contributed by atoms with E-state index in [1.54, 1.807) is 7.05 Å². The minimum Gasteiger partial charge on any atom is -0.297 e. The maximum atomic E-state index is 5.69. The van der Waals surface area contributed by atoms with Gasteiger partial charge in [-0.05, 0) is 6.92 Å². The first-order valence-corrected chi connectivity index (χ1v) is 3.58. The van der Waals surface area contributed by atoms with Crippen LogP contribution in [0.4, 0.5) is 0 Å². The Morgan fingerprint density at radius 2 is 2.00 bits per heavy atom. The standard InChI is InChI=1S/C7H14ClN/c1-6(9-4)7(2,3)5-8/h5H2,1-4H3. The first kappa shape index (κ1) is 8.96. The van der Waals surface area contributed by atoms with E-state index < -0.39 is 0 Å². The predicted octanol–water partition coefficient (Wildman–Crippen LogP) is 2.34. The highest BCUT2D eigenvalue weighted by Gasteiger charge is 2.18. The summed E-state index contributed by atoms with van der Waals surface area (Å²) in [5.41, 5.74) is 1.17. The molecule has 0 N–H and O–H groups in total. The van der Waals surface area contributed by atoms with Crippen LogP contribution in [0.3, 0.4) is 0 Å². The van der Waals surface area contributed by atoms with Crippen LogP contribution in [0.1, 0.15) is 20.8 Å². The topological polar surface area (TPSA) is 12.4 Å². The molecule has 0 heterocycles. The molecule has 0 unspecified atom stereocenters. The lowest BCUT2D eigenvalue weighted by atomic mass is 9.91. The molecule has 0 bridgehead atoms. The summed E-state index contributed by atoms with van der Waals surface area (Å²) < 4.78 is 0. The molecule has 0 atom stereocenters. The summed E-state index contributed by atoms with van der Waals surface area (Å²) in [5, 5.41) is 0. The summed E-state index contributed by atoms with van der Waals surface area (Å²) in [6.45, 7) is 6.17. The summed E-state index contributed by atoms with van der Waals surface area (Å²) >= 11 is 5.69. The highest BCUT2D eigenvalue weighted by atomic mass is 35.5. The number of aliphatic imine (C=N–C) groups is 1. The molecule has 0 fully saturated rings. The van der Waals surface area contributed by atoms with Gasteiger partial charge in [-0.3, -0.25) is 4.99 Å². The summed E-state index contributed by atoms with van der Waals surface area (Å²) in [5.74, 6) is 0.635. The minimum atomic E-state index is 0.0658. The molecule has 0 radical (unpaired) electrons. The second kappa shape index (κ2) is 3.21. The zero-order valence-electron chi connectivity index (χ0n) is 6.53. The minimum absolute atomic E-state index is 0.0658. The molecule has 0 saturated heterocycles. The van der Waals surface area contributed by atoms with Gasteiger partial charge in [-0.2, -0.15) is 0 Å². The third-order valence-electron chi connectivity index (χ3n) is 1.65. The van der Waals surface area contributed by atoms with Gasteiger partial charge in [0.2, 0.25) is 0 Å². The normalized spacial score (nSPS) is 14.1. The zero-order valence-corrected chi connectivity index (χ0v) is 7.29. The SMILES string of the molecule is CN=C(C)C(C)(C)CCl. The molecular weight excluding hydrogens is 134 g/mol. The predicted molar refractivity (Wildman–Crippen MR) is 43.5 cm³/mol. The summed E-state index contributed by atoms with van der Waals surface area (Å²) in [6.07, 6.45) is 0. The Bertz CT molecular complexity index is 116. The molecule has 0 aliphatic heterocycles. The van der Waals surface area contributed by atoms with Crippen molar-refractivity contribution in [2.24, 2.45) is 10.4 Å². The van der Waals surface area contributed by atoms with Gasteiger partial charge >= 0.3 is 0 Å². The van der Waals surface area contributed by atoms with Crippen LogP contribution >= 0.6 is 11.6 Å².